The van der Waals surface area contributed by atoms with Crippen molar-refractivity contribution in [3.05, 3.63) is 174 Å². The van der Waals surface area contributed by atoms with Gasteiger partial charge < -0.3 is 23.7 Å². The zero-order valence-electron chi connectivity index (χ0n) is 26.2. The molecule has 0 aromatic heterocycles. The van der Waals surface area contributed by atoms with Gasteiger partial charge in [0.25, 0.3) is 0 Å². The topological polar surface area (TPSA) is 63.2 Å². The third-order valence-corrected chi connectivity index (χ3v) is 9.57. The van der Waals surface area contributed by atoms with Gasteiger partial charge in [-0.2, -0.15) is 0 Å². The fraction of sp³-hybridized carbons (Fsp3) is 0.250. The van der Waals surface area contributed by atoms with Crippen LogP contribution in [0.1, 0.15) is 22.3 Å². The maximum Gasteiger partial charge on any atom is 0.166 e. The molecule has 1 aliphatic heterocycles. The summed E-state index contributed by atoms with van der Waals surface area (Å²) in [5, 5.41) is 0. The SMILES string of the molecule is O=S(c1ccccc1)C1OC(COCc2ccccc2)C(OCc2ccccc2)C(OCc2ccccc2)C1OCc1ccccc1. The minimum absolute atomic E-state index is 0.216. The average Bonchev–Trinajstić information content (AvgIpc) is 3.14. The van der Waals surface area contributed by atoms with E-state index in [2.05, 4.69) is 0 Å². The lowest BCUT2D eigenvalue weighted by Gasteiger charge is -2.45. The van der Waals surface area contributed by atoms with Gasteiger partial charge in [0, 0.05) is 4.90 Å². The van der Waals surface area contributed by atoms with Gasteiger partial charge in [0.2, 0.25) is 0 Å². The second kappa shape index (κ2) is 17.3. The first kappa shape index (κ1) is 33.0. The number of hydrogen-bond donors (Lipinski definition) is 0. The molecular weight excluding hydrogens is 609 g/mol. The van der Waals surface area contributed by atoms with Crippen LogP contribution < -0.4 is 0 Å². The van der Waals surface area contributed by atoms with Gasteiger partial charge in [-0.15, -0.1) is 0 Å². The molecule has 1 saturated heterocycles. The highest BCUT2D eigenvalue weighted by atomic mass is 32.2. The van der Waals surface area contributed by atoms with E-state index in [1.165, 1.54) is 0 Å². The normalized spacial score (nSPS) is 21.7. The molecule has 47 heavy (non-hydrogen) atoms. The van der Waals surface area contributed by atoms with Crippen molar-refractivity contribution in [2.45, 2.75) is 61.2 Å². The quantitative estimate of drug-likeness (QED) is 0.117. The first-order chi connectivity index (χ1) is 23.2. The Morgan fingerprint density at radius 3 is 1.32 bits per heavy atom. The molecular formula is C40H40O6S. The molecule has 6 nitrogen and oxygen atoms in total. The molecule has 242 valence electrons. The van der Waals surface area contributed by atoms with Crippen LogP contribution in [0.2, 0.25) is 0 Å². The molecule has 5 aromatic carbocycles. The summed E-state index contributed by atoms with van der Waals surface area (Å²) in [6.07, 6.45) is -2.51. The Hall–Kier alpha value is -3.95. The average molecular weight is 649 g/mol. The largest absolute Gasteiger partial charge is 0.374 e. The van der Waals surface area contributed by atoms with E-state index in [4.69, 9.17) is 23.7 Å². The van der Waals surface area contributed by atoms with Crippen LogP contribution >= 0.6 is 0 Å². The zero-order chi connectivity index (χ0) is 32.1. The van der Waals surface area contributed by atoms with Gasteiger partial charge in [0.15, 0.2) is 5.44 Å². The van der Waals surface area contributed by atoms with Gasteiger partial charge in [0.1, 0.15) is 24.4 Å². The van der Waals surface area contributed by atoms with E-state index in [-0.39, 0.29) is 6.61 Å². The Labute approximate surface area is 279 Å². The van der Waals surface area contributed by atoms with Crippen LogP contribution in [0.4, 0.5) is 0 Å². The summed E-state index contributed by atoms with van der Waals surface area (Å²) in [4.78, 5) is 0.653. The fourth-order valence-corrected chi connectivity index (χ4v) is 7.02. The maximum absolute atomic E-state index is 14.3. The van der Waals surface area contributed by atoms with Gasteiger partial charge in [-0.3, -0.25) is 4.21 Å². The summed E-state index contributed by atoms with van der Waals surface area (Å²) in [6, 6.07) is 49.4. The zero-order valence-corrected chi connectivity index (χ0v) is 27.0. The first-order valence-corrected chi connectivity index (χ1v) is 17.2. The van der Waals surface area contributed by atoms with Crippen molar-refractivity contribution in [1.82, 2.24) is 0 Å². The van der Waals surface area contributed by atoms with Crippen LogP contribution in [0.3, 0.4) is 0 Å². The molecule has 6 rings (SSSR count). The Bertz CT molecular complexity index is 1620. The molecule has 7 heteroatoms. The van der Waals surface area contributed by atoms with Gasteiger partial charge in [-0.1, -0.05) is 140 Å². The predicted octanol–water partition coefficient (Wildman–Crippen LogP) is 7.49. The highest BCUT2D eigenvalue weighted by Gasteiger charge is 2.50. The Balaban J connectivity index is 1.34. The molecule has 5 aromatic rings. The van der Waals surface area contributed by atoms with E-state index in [1.807, 2.05) is 152 Å². The molecule has 0 amide bonds. The predicted molar refractivity (Wildman–Crippen MR) is 183 cm³/mol. The smallest absolute Gasteiger partial charge is 0.166 e. The van der Waals surface area contributed by atoms with Crippen LogP contribution in [0.5, 0.6) is 0 Å². The summed E-state index contributed by atoms with van der Waals surface area (Å²) >= 11 is 0. The van der Waals surface area contributed by atoms with Gasteiger partial charge in [-0.25, -0.2) is 0 Å². The van der Waals surface area contributed by atoms with Crippen molar-refractivity contribution in [2.75, 3.05) is 6.61 Å². The fourth-order valence-electron chi connectivity index (χ4n) is 5.61. The van der Waals surface area contributed by atoms with Crippen molar-refractivity contribution in [1.29, 1.82) is 0 Å². The second-order valence-electron chi connectivity index (χ2n) is 11.4. The molecule has 0 N–H and O–H groups in total. The molecule has 1 aliphatic rings. The third-order valence-electron chi connectivity index (χ3n) is 8.03. The molecule has 0 spiro atoms. The van der Waals surface area contributed by atoms with Crippen LogP contribution in [-0.4, -0.2) is 40.7 Å². The molecule has 0 bridgehead atoms. The number of ether oxygens (including phenoxy) is 5. The summed E-state index contributed by atoms with van der Waals surface area (Å²) in [5.74, 6) is 0. The van der Waals surface area contributed by atoms with Crippen molar-refractivity contribution < 1.29 is 27.9 Å². The summed E-state index contributed by atoms with van der Waals surface area (Å²) < 4.78 is 47.5. The maximum atomic E-state index is 14.3. The third kappa shape index (κ3) is 9.32. The summed E-state index contributed by atoms with van der Waals surface area (Å²) in [5.41, 5.74) is 3.24. The number of rotatable bonds is 15. The van der Waals surface area contributed by atoms with E-state index < -0.39 is 40.7 Å². The molecule has 1 fully saturated rings. The van der Waals surface area contributed by atoms with Crippen LogP contribution in [0, 0.1) is 0 Å². The van der Waals surface area contributed by atoms with Crippen molar-refractivity contribution in [3.63, 3.8) is 0 Å². The van der Waals surface area contributed by atoms with Crippen LogP contribution in [-0.2, 0) is 60.9 Å². The monoisotopic (exact) mass is 648 g/mol. The lowest BCUT2D eigenvalue weighted by Crippen LogP contribution is -2.62. The summed E-state index contributed by atoms with van der Waals surface area (Å²) in [7, 11) is -1.58. The number of hydrogen-bond acceptors (Lipinski definition) is 6. The van der Waals surface area contributed by atoms with Crippen molar-refractivity contribution >= 4 is 10.8 Å². The molecule has 0 radical (unpaired) electrons. The Morgan fingerprint density at radius 1 is 0.468 bits per heavy atom. The van der Waals surface area contributed by atoms with Crippen LogP contribution in [0.15, 0.2) is 157 Å². The summed E-state index contributed by atoms with van der Waals surface area (Å²) in [6.45, 7) is 1.58. The van der Waals surface area contributed by atoms with E-state index in [0.29, 0.717) is 31.3 Å². The molecule has 1 heterocycles. The van der Waals surface area contributed by atoms with Crippen molar-refractivity contribution in [3.8, 4) is 0 Å². The minimum Gasteiger partial charge on any atom is -0.374 e. The molecule has 6 unspecified atom stereocenters. The second-order valence-corrected chi connectivity index (χ2v) is 13.0. The molecule has 6 atom stereocenters. The van der Waals surface area contributed by atoms with E-state index in [1.54, 1.807) is 0 Å². The molecule has 0 aliphatic carbocycles. The highest BCUT2D eigenvalue weighted by molar-refractivity contribution is 7.85. The van der Waals surface area contributed by atoms with Crippen LogP contribution in [0.25, 0.3) is 0 Å². The van der Waals surface area contributed by atoms with E-state index in [9.17, 15) is 4.21 Å². The highest BCUT2D eigenvalue weighted by Crippen LogP contribution is 2.34. The standard InChI is InChI=1S/C40H40O6S/c41-47(35-24-14-5-15-25-35)40-39(45-29-34-22-12-4-13-23-34)38(44-28-33-20-10-3-11-21-33)37(43-27-32-18-8-2-9-19-32)36(46-40)30-42-26-31-16-6-1-7-17-31/h1-25,36-40H,26-30H2. The lowest BCUT2D eigenvalue weighted by molar-refractivity contribution is -0.255. The number of benzene rings is 5. The van der Waals surface area contributed by atoms with Gasteiger partial charge >= 0.3 is 0 Å². The first-order valence-electron chi connectivity index (χ1n) is 15.9. The lowest BCUT2D eigenvalue weighted by atomic mass is 9.98. The van der Waals surface area contributed by atoms with Gasteiger partial charge in [-0.05, 0) is 34.4 Å². The minimum atomic E-state index is -1.58. The van der Waals surface area contributed by atoms with Gasteiger partial charge in [0.05, 0.1) is 43.8 Å². The Kier molecular flexibility index (Phi) is 12.1. The van der Waals surface area contributed by atoms with E-state index in [0.717, 1.165) is 22.3 Å². The Morgan fingerprint density at radius 2 is 0.851 bits per heavy atom. The molecule has 0 saturated carbocycles. The van der Waals surface area contributed by atoms with Crippen molar-refractivity contribution in [2.24, 2.45) is 0 Å². The van der Waals surface area contributed by atoms with E-state index >= 15 is 0 Å².